The van der Waals surface area contributed by atoms with Crippen LogP contribution in [0.1, 0.15) is 32.6 Å². The molecule has 3 unspecified atom stereocenters. The summed E-state index contributed by atoms with van der Waals surface area (Å²) in [6.07, 6.45) is 4.18. The second-order valence-electron chi connectivity index (χ2n) is 4.95. The number of nitrogens with zero attached hydrogens (tertiary/aromatic N) is 2. The second-order valence-corrected chi connectivity index (χ2v) is 6.18. The zero-order chi connectivity index (χ0) is 13.8. The predicted molar refractivity (Wildman–Crippen MR) is 75.7 cm³/mol. The smallest absolute Gasteiger partial charge is 0.253 e. The van der Waals surface area contributed by atoms with Gasteiger partial charge in [-0.05, 0) is 25.2 Å². The van der Waals surface area contributed by atoms with Crippen molar-refractivity contribution < 1.29 is 0 Å². The van der Waals surface area contributed by atoms with E-state index in [0.29, 0.717) is 11.1 Å². The van der Waals surface area contributed by atoms with Gasteiger partial charge in [0.25, 0.3) is 5.56 Å². The molecule has 19 heavy (non-hydrogen) atoms. The van der Waals surface area contributed by atoms with E-state index >= 15 is 0 Å². The van der Waals surface area contributed by atoms with Crippen LogP contribution in [0, 0.1) is 23.2 Å². The summed E-state index contributed by atoms with van der Waals surface area (Å²) in [6, 6.07) is 3.64. The molecule has 0 spiro atoms. The van der Waals surface area contributed by atoms with Crippen LogP contribution in [-0.4, -0.2) is 15.2 Å². The summed E-state index contributed by atoms with van der Waals surface area (Å²) < 4.78 is 0. The number of nitrogen functional groups attached to an aromatic ring is 1. The Kier molecular flexibility index (Phi) is 4.48. The molecule has 6 heteroatoms. The first-order chi connectivity index (χ1) is 9.12. The normalized spacial score (nSPS) is 26.8. The fourth-order valence-electron chi connectivity index (χ4n) is 2.51. The van der Waals surface area contributed by atoms with Crippen LogP contribution in [0.2, 0.25) is 0 Å². The van der Waals surface area contributed by atoms with E-state index in [0.717, 1.165) is 25.7 Å². The van der Waals surface area contributed by atoms with E-state index in [2.05, 4.69) is 23.0 Å². The maximum Gasteiger partial charge on any atom is 0.253 e. The molecule has 102 valence electrons. The van der Waals surface area contributed by atoms with Gasteiger partial charge in [-0.25, -0.2) is 4.98 Å². The molecule has 1 aliphatic carbocycles. The van der Waals surface area contributed by atoms with Gasteiger partial charge in [0.1, 0.15) is 5.82 Å². The third kappa shape index (κ3) is 3.51. The molecule has 0 radical (unpaired) electrons. The summed E-state index contributed by atoms with van der Waals surface area (Å²) in [5, 5.41) is 9.94. The quantitative estimate of drug-likeness (QED) is 0.826. The van der Waals surface area contributed by atoms with Crippen molar-refractivity contribution in [2.75, 3.05) is 5.73 Å². The number of nitriles is 1. The van der Waals surface area contributed by atoms with Gasteiger partial charge in [-0.1, -0.05) is 25.1 Å². The molecule has 2 rings (SSSR count). The summed E-state index contributed by atoms with van der Waals surface area (Å²) in [6.45, 7) is 2.18. The maximum absolute atomic E-state index is 11.4. The molecule has 1 aliphatic rings. The lowest BCUT2D eigenvalue weighted by atomic mass is 9.81. The van der Waals surface area contributed by atoms with Crippen LogP contribution in [-0.2, 0) is 0 Å². The van der Waals surface area contributed by atoms with Gasteiger partial charge in [0, 0.05) is 11.3 Å². The van der Waals surface area contributed by atoms with E-state index < -0.39 is 0 Å². The van der Waals surface area contributed by atoms with Crippen LogP contribution in [0.4, 0.5) is 5.82 Å². The largest absolute Gasteiger partial charge is 0.383 e. The Morgan fingerprint density at radius 3 is 3.05 bits per heavy atom. The number of nitrogens with one attached hydrogen (secondary N) is 1. The van der Waals surface area contributed by atoms with Gasteiger partial charge in [-0.2, -0.15) is 5.26 Å². The van der Waals surface area contributed by atoms with Crippen molar-refractivity contribution in [3.8, 4) is 6.07 Å². The lowest BCUT2D eigenvalue weighted by Gasteiger charge is -2.31. The zero-order valence-corrected chi connectivity index (χ0v) is 11.7. The van der Waals surface area contributed by atoms with E-state index in [9.17, 15) is 10.1 Å². The van der Waals surface area contributed by atoms with E-state index in [4.69, 9.17) is 5.73 Å². The molecular weight excluding hydrogens is 260 g/mol. The molecule has 5 nitrogen and oxygen atoms in total. The van der Waals surface area contributed by atoms with Crippen molar-refractivity contribution >= 4 is 17.6 Å². The zero-order valence-electron chi connectivity index (χ0n) is 10.9. The number of anilines is 1. The van der Waals surface area contributed by atoms with Gasteiger partial charge in [0.15, 0.2) is 5.16 Å². The fraction of sp³-hybridized carbons (Fsp3) is 0.615. The average Bonchev–Trinajstić information content (AvgIpc) is 2.37. The minimum Gasteiger partial charge on any atom is -0.383 e. The molecule has 0 aromatic carbocycles. The number of rotatable bonds is 3. The van der Waals surface area contributed by atoms with E-state index in [-0.39, 0.29) is 22.5 Å². The van der Waals surface area contributed by atoms with Gasteiger partial charge >= 0.3 is 0 Å². The highest BCUT2D eigenvalue weighted by atomic mass is 32.2. The molecule has 1 heterocycles. The summed E-state index contributed by atoms with van der Waals surface area (Å²) in [5.41, 5.74) is 5.33. The molecule has 3 atom stereocenters. The number of H-pyrrole nitrogens is 1. The minimum atomic E-state index is -0.244. The Balaban J connectivity index is 2.14. The van der Waals surface area contributed by atoms with Crippen molar-refractivity contribution in [1.29, 1.82) is 5.26 Å². The van der Waals surface area contributed by atoms with Crippen molar-refractivity contribution in [2.45, 2.75) is 43.0 Å². The molecular formula is C13H18N4OS. The van der Waals surface area contributed by atoms with Gasteiger partial charge in [-0.3, -0.25) is 4.79 Å². The molecule has 0 aliphatic heterocycles. The highest BCUT2D eigenvalue weighted by molar-refractivity contribution is 7.99. The van der Waals surface area contributed by atoms with Crippen LogP contribution in [0.15, 0.2) is 16.0 Å². The topological polar surface area (TPSA) is 95.6 Å². The minimum absolute atomic E-state index is 0.0273. The summed E-state index contributed by atoms with van der Waals surface area (Å²) in [4.78, 5) is 18.2. The van der Waals surface area contributed by atoms with E-state index in [1.807, 2.05) is 0 Å². The molecule has 0 saturated heterocycles. The number of nitrogens with two attached hydrogens (primary N) is 1. The molecule has 1 aromatic rings. The van der Waals surface area contributed by atoms with Gasteiger partial charge in [0.2, 0.25) is 0 Å². The SMILES string of the molecule is CCC1CCC(C#N)C(Sc2nc(N)cc(=O)[nH]2)C1. The Labute approximate surface area is 116 Å². The standard InChI is InChI=1S/C13H18N4OS/c1-2-8-3-4-9(7-14)10(5-8)19-13-16-11(15)6-12(18)17-13/h6,8-10H,2-5H2,1H3,(H3,15,16,17,18). The number of aromatic amines is 1. The van der Waals surface area contributed by atoms with E-state index in [1.54, 1.807) is 0 Å². The molecule has 3 N–H and O–H groups in total. The first-order valence-corrected chi connectivity index (χ1v) is 7.43. The number of aromatic nitrogens is 2. The Hall–Kier alpha value is -1.48. The first kappa shape index (κ1) is 13.9. The average molecular weight is 278 g/mol. The number of hydrogen-bond donors (Lipinski definition) is 2. The highest BCUT2D eigenvalue weighted by Gasteiger charge is 2.31. The molecule has 1 saturated carbocycles. The monoisotopic (exact) mass is 278 g/mol. The van der Waals surface area contributed by atoms with Gasteiger partial charge in [-0.15, -0.1) is 0 Å². The maximum atomic E-state index is 11.4. The van der Waals surface area contributed by atoms with Crippen molar-refractivity contribution in [2.24, 2.45) is 11.8 Å². The molecule has 1 fully saturated rings. The predicted octanol–water partition coefficient (Wildman–Crippen LogP) is 2.16. The van der Waals surface area contributed by atoms with Crippen LogP contribution in [0.25, 0.3) is 0 Å². The summed E-state index contributed by atoms with van der Waals surface area (Å²) in [5.74, 6) is 0.914. The summed E-state index contributed by atoms with van der Waals surface area (Å²) >= 11 is 1.48. The highest BCUT2D eigenvalue weighted by Crippen LogP contribution is 2.39. The number of thioether (sulfide) groups is 1. The van der Waals surface area contributed by atoms with Crippen molar-refractivity contribution in [1.82, 2.24) is 9.97 Å². The fourth-order valence-corrected chi connectivity index (χ4v) is 3.85. The first-order valence-electron chi connectivity index (χ1n) is 6.55. The lowest BCUT2D eigenvalue weighted by molar-refractivity contribution is 0.317. The van der Waals surface area contributed by atoms with Crippen LogP contribution >= 0.6 is 11.8 Å². The van der Waals surface area contributed by atoms with Gasteiger partial charge in [0.05, 0.1) is 12.0 Å². The van der Waals surface area contributed by atoms with Crippen LogP contribution < -0.4 is 11.3 Å². The Morgan fingerprint density at radius 1 is 1.63 bits per heavy atom. The Morgan fingerprint density at radius 2 is 2.42 bits per heavy atom. The third-order valence-electron chi connectivity index (χ3n) is 3.65. The van der Waals surface area contributed by atoms with E-state index in [1.165, 1.54) is 17.8 Å². The van der Waals surface area contributed by atoms with Crippen molar-refractivity contribution in [3.05, 3.63) is 16.4 Å². The number of hydrogen-bond acceptors (Lipinski definition) is 5. The van der Waals surface area contributed by atoms with Crippen LogP contribution in [0.5, 0.6) is 0 Å². The Bertz CT molecular complexity index is 536. The lowest BCUT2D eigenvalue weighted by Crippen LogP contribution is -2.26. The second kappa shape index (κ2) is 6.11. The summed E-state index contributed by atoms with van der Waals surface area (Å²) in [7, 11) is 0. The van der Waals surface area contributed by atoms with Gasteiger partial charge < -0.3 is 10.7 Å². The molecule has 0 bridgehead atoms. The van der Waals surface area contributed by atoms with Crippen LogP contribution in [0.3, 0.4) is 0 Å². The molecule has 1 aromatic heterocycles. The van der Waals surface area contributed by atoms with Crippen molar-refractivity contribution in [3.63, 3.8) is 0 Å². The third-order valence-corrected chi connectivity index (χ3v) is 4.89. The molecule has 0 amide bonds.